The van der Waals surface area contributed by atoms with Crippen molar-refractivity contribution in [2.24, 2.45) is 0 Å². The summed E-state index contributed by atoms with van der Waals surface area (Å²) in [7, 11) is -21.6. The zero-order valence-corrected chi connectivity index (χ0v) is 88.0. The second-order valence-electron chi connectivity index (χ2n) is 25.4. The van der Waals surface area contributed by atoms with Crippen LogP contribution in [0.4, 0.5) is 0 Å². The molecular formula is C56H76N4Na8O56S4. The van der Waals surface area contributed by atoms with Crippen molar-refractivity contribution in [1.82, 2.24) is 21.3 Å². The summed E-state index contributed by atoms with van der Waals surface area (Å²) in [6.07, 6.45) is -49.4. The van der Waals surface area contributed by atoms with E-state index in [-0.39, 0.29) is 236 Å². The van der Waals surface area contributed by atoms with Gasteiger partial charge in [-0.25, -0.2) is 33.7 Å². The third kappa shape index (κ3) is 41.7. The third-order valence-corrected chi connectivity index (χ3v) is 18.3. The average Bonchev–Trinajstić information content (AvgIpc) is 0.696. The van der Waals surface area contributed by atoms with Crippen LogP contribution < -0.4 is 278 Å². The Bertz CT molecular complexity index is 4220. The Morgan fingerprint density at radius 2 is 0.523 bits per heavy atom. The number of carboxylic acid groups (broad SMARTS) is 4. The van der Waals surface area contributed by atoms with E-state index in [0.717, 1.165) is 27.7 Å². The smallest absolute Gasteiger partial charge is 0.726 e. The van der Waals surface area contributed by atoms with Crippen LogP contribution in [-0.4, -0.2) is 404 Å². The monoisotopic (exact) mass is 2010 g/mol. The van der Waals surface area contributed by atoms with Crippen molar-refractivity contribution >= 4 is 89.1 Å². The van der Waals surface area contributed by atoms with Crippen LogP contribution in [0.1, 0.15) is 27.7 Å². The summed E-state index contributed by atoms with van der Waals surface area (Å²) in [4.78, 5) is 89.2. The maximum atomic E-state index is 11.4. The molecule has 4 fully saturated rings. The zero-order chi connectivity index (χ0) is 91.2. The second-order valence-corrected chi connectivity index (χ2v) is 29.5. The fourth-order valence-corrected chi connectivity index (χ4v) is 13.0. The summed E-state index contributed by atoms with van der Waals surface area (Å²) in [5, 5.41) is 212. The van der Waals surface area contributed by atoms with Crippen LogP contribution in [0.5, 0.6) is 0 Å². The molecule has 8 rings (SSSR count). The van der Waals surface area contributed by atoms with Crippen LogP contribution in [-0.2, 0) is 154 Å². The van der Waals surface area contributed by atoms with Gasteiger partial charge in [0, 0.05) is 27.7 Å². The minimum Gasteiger partial charge on any atom is -0.726 e. The molecule has 4 amide bonds. The molecule has 0 aromatic rings. The first-order valence-corrected chi connectivity index (χ1v) is 38.6. The molecule has 8 aliphatic heterocycles. The van der Waals surface area contributed by atoms with E-state index in [1.807, 2.05) is 0 Å². The number of aliphatic hydroxyl groups is 16. The molecule has 0 spiro atoms. The van der Waals surface area contributed by atoms with E-state index in [1.165, 1.54) is 0 Å². The minimum atomic E-state index is -5.56. The van der Waals surface area contributed by atoms with Crippen LogP contribution >= 0.6 is 0 Å². The molecule has 72 heteroatoms. The van der Waals surface area contributed by atoms with Crippen molar-refractivity contribution in [2.75, 3.05) is 26.4 Å². The quantitative estimate of drug-likeness (QED) is 0.0196. The third-order valence-electron chi connectivity index (χ3n) is 16.5. The number of carbonyl (C=O) groups excluding carboxylic acids is 8. The largest absolute Gasteiger partial charge is 1.00 e. The predicted octanol–water partition coefficient (Wildman–Crippen LogP) is -47.4. The Morgan fingerprint density at radius 3 is 0.727 bits per heavy atom. The summed E-state index contributed by atoms with van der Waals surface area (Å²) in [5.41, 5.74) is 0. The van der Waals surface area contributed by atoms with Gasteiger partial charge in [0.1, 0.15) is 181 Å². The van der Waals surface area contributed by atoms with Crippen LogP contribution in [0.3, 0.4) is 0 Å². The van der Waals surface area contributed by atoms with Crippen LogP contribution in [0.2, 0.25) is 0 Å². The molecule has 0 saturated carbocycles. The topological polar surface area (TPSA) is 977 Å². The molecule has 0 bridgehead atoms. The van der Waals surface area contributed by atoms with Crippen molar-refractivity contribution in [3.05, 3.63) is 47.3 Å². The van der Waals surface area contributed by atoms with E-state index in [9.17, 15) is 192 Å². The van der Waals surface area contributed by atoms with Gasteiger partial charge < -0.3 is 218 Å². The maximum Gasteiger partial charge on any atom is 1.00 e. The van der Waals surface area contributed by atoms with Crippen molar-refractivity contribution in [2.45, 2.75) is 224 Å². The summed E-state index contributed by atoms with van der Waals surface area (Å²) < 4.78 is 207. The SMILES string of the molecule is CC(=O)N[C@H]1C(O)O[C@H](CO)C(O[C@@H]2OC(C(=O)[O-])=C[C@H](O)[C@H]2O)[C@@H]1O.CC(=O)N[C@H]1C(O)O[C@H](CO)C(O[C@@H]2OC(C(=O)[O-])=C[C@H](O)[C@H]2OS(=O)(=O)[O-])[C@@H]1O.CC(=O)N[C@H]1C(O)O[C@H](COS(=O)(=O)[O-])C(O[C@@H]2OC(C(=O)[O-])=C[C@H](O)[C@H]2O)[C@@H]1O.CC(=O)N[C@H]1C(O)O[C@H](COS(=O)(=O)[O-])C(O[C@@H]2OC(C(=O)[O-])=C[C@H](O)[C@H]2OS(=O)(=O)[O-])[C@@H]1O.[Na+].[Na+].[Na+].[Na+].[Na+].[Na+].[Na+].[Na+]. The second kappa shape index (κ2) is 59.9. The van der Waals surface area contributed by atoms with E-state index in [0.29, 0.717) is 24.3 Å². The van der Waals surface area contributed by atoms with Crippen molar-refractivity contribution in [3.63, 3.8) is 0 Å². The molecule has 0 aliphatic carbocycles. The Labute approximate surface area is 899 Å². The van der Waals surface area contributed by atoms with Crippen LogP contribution in [0, 0.1) is 0 Å². The first kappa shape index (κ1) is 135. The van der Waals surface area contributed by atoms with Gasteiger partial charge in [-0.1, -0.05) is 0 Å². The number of rotatable bonds is 28. The molecule has 688 valence electrons. The number of nitrogens with one attached hydrogen (secondary N) is 4. The summed E-state index contributed by atoms with van der Waals surface area (Å²) >= 11 is 0. The Balaban J connectivity index is -0.000000787. The molecule has 8 aliphatic rings. The Kier molecular flexibility index (Phi) is 63.0. The van der Waals surface area contributed by atoms with Gasteiger partial charge >= 0.3 is 236 Å². The molecule has 0 radical (unpaired) electrons. The molecule has 128 heavy (non-hydrogen) atoms. The molecule has 32 atom stereocenters. The first-order chi connectivity index (χ1) is 55.3. The van der Waals surface area contributed by atoms with E-state index in [1.54, 1.807) is 0 Å². The molecule has 0 aromatic heterocycles. The van der Waals surface area contributed by atoms with Gasteiger partial charge in [-0.15, -0.1) is 0 Å². The molecule has 4 saturated heterocycles. The molecule has 20 N–H and O–H groups in total. The predicted molar refractivity (Wildman–Crippen MR) is 340 cm³/mol. The normalized spacial score (nSPS) is 34.8. The number of carbonyl (C=O) groups is 8. The van der Waals surface area contributed by atoms with Gasteiger partial charge in [-0.05, 0) is 24.3 Å². The minimum absolute atomic E-state index is 0. The summed E-state index contributed by atoms with van der Waals surface area (Å²) in [6, 6.07) is -6.01. The van der Waals surface area contributed by atoms with Crippen molar-refractivity contribution in [1.29, 1.82) is 0 Å². The Morgan fingerprint density at radius 1 is 0.320 bits per heavy atom. The zero-order valence-electron chi connectivity index (χ0n) is 68.7. The van der Waals surface area contributed by atoms with Crippen molar-refractivity contribution in [3.8, 4) is 0 Å². The molecular weight excluding hydrogens is 1940 g/mol. The molecule has 8 unspecified atom stereocenters. The van der Waals surface area contributed by atoms with Gasteiger partial charge in [-0.2, -0.15) is 0 Å². The molecule has 8 heterocycles. The number of carboxylic acids is 4. The van der Waals surface area contributed by atoms with Crippen LogP contribution in [0.25, 0.3) is 0 Å². The van der Waals surface area contributed by atoms with Gasteiger partial charge in [0.05, 0.1) is 26.4 Å². The number of hydrogen-bond donors (Lipinski definition) is 20. The van der Waals surface area contributed by atoms with E-state index >= 15 is 0 Å². The summed E-state index contributed by atoms with van der Waals surface area (Å²) in [5.74, 6) is -14.2. The van der Waals surface area contributed by atoms with Crippen LogP contribution in [0.15, 0.2) is 47.3 Å². The van der Waals surface area contributed by atoms with Gasteiger partial charge in [0.25, 0.3) is 0 Å². The molecule has 0 aromatic carbocycles. The van der Waals surface area contributed by atoms with Gasteiger partial charge in [0.2, 0.25) is 90.4 Å². The first-order valence-electron chi connectivity index (χ1n) is 33.2. The standard InChI is InChI=1S/C14H21NO17S2.2C14H21NO14S.C14H21NO11.8Na/c1-4(16)15-8-9(18)11(7(29-13(8)21)3-28-33(22,23)24)31-14-10(32-34(25,26)27)5(17)2-6(30-14)12(19)20;1-4(17)15-8-9(19)11(7(3-16)26-13(8)22)28-14-10(29-30(23,24)25)5(18)2-6(27-14)12(20)21;1-4(16)15-8-10(19)11(7(27-13(8)22)3-26-30(23,24)25)29-14-9(18)5(17)2-6(28-14)12(20)21;1-4(17)15-8-10(20)11(7(3-16)24-13(8)23)26-14-9(19)5(18)2-6(25-14)12(21)22;;;;;;;;/h2,5,7-11,13-14,17-18,21H,3H2,1H3,(H,15,16)(H,19,20)(H,22,23,24)(H,25,26,27);2,5,7-11,13-14,16,18-19,22H,3H2,1H3,(H,15,17)(H,20,21)(H,23,24,25);2,5,7-11,13-14,17-19,22H,3H2,1H3,(H,15,16)(H,20,21)(H,23,24,25);2,5,7-11,13-14,16,18-20,23H,3H2,1H3,(H,15,17)(H,21,22);;;;;;;;/q;;;;8*+1/p-8/t4*5-,7+,8+,9+,10+,11?,13?,14-;;;;;;;;/m0000......../s1. The molecule has 60 nitrogen and oxygen atoms in total. The average molecular weight is 2010 g/mol. The maximum absolute atomic E-state index is 11.4. The summed E-state index contributed by atoms with van der Waals surface area (Å²) in [6.45, 7) is 0.371. The van der Waals surface area contributed by atoms with E-state index in [2.05, 4.69) is 38.0 Å². The number of aliphatic hydroxyl groups excluding tert-OH is 16. The fourth-order valence-electron chi connectivity index (χ4n) is 11.4. The number of hydrogen-bond acceptors (Lipinski definition) is 56. The van der Waals surface area contributed by atoms with Gasteiger partial charge in [-0.3, -0.25) is 35.9 Å². The number of ether oxygens (including phenoxy) is 12. The van der Waals surface area contributed by atoms with E-state index < -0.39 is 335 Å². The fraction of sp³-hybridized carbons (Fsp3) is 0.714. The number of aliphatic carboxylic acids is 4. The van der Waals surface area contributed by atoms with Crippen molar-refractivity contribution < 1.29 is 502 Å². The van der Waals surface area contributed by atoms with E-state index in [4.69, 9.17) is 56.8 Å². The Hall–Kier alpha value is 0.440. The number of amides is 4. The van der Waals surface area contributed by atoms with Gasteiger partial charge in [0.15, 0.2) is 37.4 Å².